The maximum atomic E-state index is 11.9. The smallest absolute Gasteiger partial charge is 0.234 e. The van der Waals surface area contributed by atoms with E-state index in [2.05, 4.69) is 10.2 Å². The highest BCUT2D eigenvalue weighted by molar-refractivity contribution is 6.19. The number of nitrogens with one attached hydrogen (secondary N) is 1. The maximum Gasteiger partial charge on any atom is 0.234 e. The van der Waals surface area contributed by atoms with Gasteiger partial charge in [-0.1, -0.05) is 6.92 Å². The molecule has 18 heavy (non-hydrogen) atoms. The third-order valence-electron chi connectivity index (χ3n) is 3.08. The molecule has 5 nitrogen and oxygen atoms in total. The Morgan fingerprint density at radius 1 is 1.28 bits per heavy atom. The SMILES string of the molecule is CCNC(=O)CN1CCN(C(=O)C(C)CCl)CC1. The number of hydrogen-bond donors (Lipinski definition) is 1. The van der Waals surface area contributed by atoms with Gasteiger partial charge in [-0.2, -0.15) is 0 Å². The third kappa shape index (κ3) is 4.46. The number of carbonyl (C=O) groups is 2. The maximum absolute atomic E-state index is 11.9. The lowest BCUT2D eigenvalue weighted by molar-refractivity contribution is -0.136. The Balaban J connectivity index is 2.32. The second kappa shape index (κ2) is 7.59. The number of carbonyl (C=O) groups excluding carboxylic acids is 2. The summed E-state index contributed by atoms with van der Waals surface area (Å²) >= 11 is 5.69. The molecule has 6 heteroatoms. The molecular weight excluding hydrogens is 254 g/mol. The number of halogens is 1. The van der Waals surface area contributed by atoms with Crippen LogP contribution in [0.5, 0.6) is 0 Å². The van der Waals surface area contributed by atoms with Crippen LogP contribution in [0, 0.1) is 5.92 Å². The monoisotopic (exact) mass is 275 g/mol. The fraction of sp³-hybridized carbons (Fsp3) is 0.833. The van der Waals surface area contributed by atoms with Crippen LogP contribution in [0.2, 0.25) is 0 Å². The van der Waals surface area contributed by atoms with Crippen molar-refractivity contribution >= 4 is 23.4 Å². The van der Waals surface area contributed by atoms with Crippen LogP contribution in [0.3, 0.4) is 0 Å². The van der Waals surface area contributed by atoms with Crippen LogP contribution in [0.4, 0.5) is 0 Å². The van der Waals surface area contributed by atoms with Crippen molar-refractivity contribution in [1.29, 1.82) is 0 Å². The van der Waals surface area contributed by atoms with E-state index in [-0.39, 0.29) is 17.7 Å². The van der Waals surface area contributed by atoms with E-state index in [1.165, 1.54) is 0 Å². The molecule has 1 atom stereocenters. The van der Waals surface area contributed by atoms with Crippen molar-refractivity contribution < 1.29 is 9.59 Å². The highest BCUT2D eigenvalue weighted by Crippen LogP contribution is 2.08. The number of piperazine rings is 1. The molecule has 1 unspecified atom stereocenters. The predicted molar refractivity (Wildman–Crippen MR) is 71.6 cm³/mol. The van der Waals surface area contributed by atoms with Crippen molar-refractivity contribution in [3.05, 3.63) is 0 Å². The standard InChI is InChI=1S/C12H22ClN3O2/c1-3-14-11(17)9-15-4-6-16(7-5-15)12(18)10(2)8-13/h10H,3-9H2,1-2H3,(H,14,17). The van der Waals surface area contributed by atoms with Crippen LogP contribution in [0.15, 0.2) is 0 Å². The molecule has 1 aliphatic rings. The summed E-state index contributed by atoms with van der Waals surface area (Å²) in [6.45, 7) is 7.68. The largest absolute Gasteiger partial charge is 0.355 e. The summed E-state index contributed by atoms with van der Waals surface area (Å²) in [5.41, 5.74) is 0. The summed E-state index contributed by atoms with van der Waals surface area (Å²) in [4.78, 5) is 27.2. The van der Waals surface area contributed by atoms with E-state index >= 15 is 0 Å². The van der Waals surface area contributed by atoms with E-state index < -0.39 is 0 Å². The first-order chi connectivity index (χ1) is 8.58. The van der Waals surface area contributed by atoms with Crippen LogP contribution in [0.1, 0.15) is 13.8 Å². The molecule has 1 saturated heterocycles. The molecule has 0 aromatic heterocycles. The summed E-state index contributed by atoms with van der Waals surface area (Å²) < 4.78 is 0. The van der Waals surface area contributed by atoms with Crippen molar-refractivity contribution in [1.82, 2.24) is 15.1 Å². The topological polar surface area (TPSA) is 52.7 Å². The van der Waals surface area contributed by atoms with Crippen LogP contribution < -0.4 is 5.32 Å². The molecule has 0 bridgehead atoms. The number of rotatable bonds is 5. The zero-order valence-corrected chi connectivity index (χ0v) is 11.9. The van der Waals surface area contributed by atoms with E-state index in [9.17, 15) is 9.59 Å². The molecule has 1 fully saturated rings. The molecule has 0 aromatic carbocycles. The van der Waals surface area contributed by atoms with Gasteiger partial charge in [-0.15, -0.1) is 11.6 Å². The van der Waals surface area contributed by atoms with Gasteiger partial charge >= 0.3 is 0 Å². The van der Waals surface area contributed by atoms with E-state index in [0.717, 1.165) is 13.1 Å². The molecule has 2 amide bonds. The Kier molecular flexibility index (Phi) is 6.43. The molecule has 104 valence electrons. The lowest BCUT2D eigenvalue weighted by Gasteiger charge is -2.35. The van der Waals surface area contributed by atoms with Gasteiger partial charge in [-0.25, -0.2) is 0 Å². The molecular formula is C12H22ClN3O2. The highest BCUT2D eigenvalue weighted by Gasteiger charge is 2.24. The Morgan fingerprint density at radius 3 is 2.39 bits per heavy atom. The second-order valence-corrected chi connectivity index (χ2v) is 4.92. The summed E-state index contributed by atoms with van der Waals surface area (Å²) in [7, 11) is 0. The number of hydrogen-bond acceptors (Lipinski definition) is 3. The van der Waals surface area contributed by atoms with Crippen LogP contribution in [-0.2, 0) is 9.59 Å². The summed E-state index contributed by atoms with van der Waals surface area (Å²) in [6, 6.07) is 0. The molecule has 0 saturated carbocycles. The third-order valence-corrected chi connectivity index (χ3v) is 3.54. The predicted octanol–water partition coefficient (Wildman–Crippen LogP) is 0.142. The van der Waals surface area contributed by atoms with Gasteiger partial charge in [-0.05, 0) is 6.92 Å². The van der Waals surface area contributed by atoms with Crippen molar-refractivity contribution in [2.75, 3.05) is 45.1 Å². The zero-order valence-electron chi connectivity index (χ0n) is 11.1. The first-order valence-corrected chi connectivity index (χ1v) is 6.95. The van der Waals surface area contributed by atoms with Gasteiger partial charge in [0.1, 0.15) is 0 Å². The van der Waals surface area contributed by atoms with E-state index in [4.69, 9.17) is 11.6 Å². The first-order valence-electron chi connectivity index (χ1n) is 6.42. The fourth-order valence-electron chi connectivity index (χ4n) is 1.96. The number of amides is 2. The Morgan fingerprint density at radius 2 is 1.89 bits per heavy atom. The highest BCUT2D eigenvalue weighted by atomic mass is 35.5. The number of likely N-dealkylation sites (N-methyl/N-ethyl adjacent to an activating group) is 1. The molecule has 0 aromatic rings. The lowest BCUT2D eigenvalue weighted by atomic mass is 10.1. The van der Waals surface area contributed by atoms with Gasteiger partial charge < -0.3 is 10.2 Å². The zero-order chi connectivity index (χ0) is 13.5. The first kappa shape index (κ1) is 15.2. The van der Waals surface area contributed by atoms with Gasteiger partial charge in [0, 0.05) is 44.5 Å². The van der Waals surface area contributed by atoms with E-state index in [1.807, 2.05) is 18.7 Å². The van der Waals surface area contributed by atoms with Crippen LogP contribution in [0.25, 0.3) is 0 Å². The Labute approximate surface area is 113 Å². The van der Waals surface area contributed by atoms with Gasteiger partial charge in [0.25, 0.3) is 0 Å². The fourth-order valence-corrected chi connectivity index (χ4v) is 2.09. The van der Waals surface area contributed by atoms with Gasteiger partial charge in [0.15, 0.2) is 0 Å². The second-order valence-electron chi connectivity index (χ2n) is 4.61. The molecule has 0 aliphatic carbocycles. The van der Waals surface area contributed by atoms with Crippen molar-refractivity contribution in [3.8, 4) is 0 Å². The number of nitrogens with zero attached hydrogens (tertiary/aromatic N) is 2. The Bertz CT molecular complexity index is 291. The average molecular weight is 276 g/mol. The summed E-state index contributed by atoms with van der Waals surface area (Å²) in [6.07, 6.45) is 0. The van der Waals surface area contributed by atoms with Crippen LogP contribution in [-0.4, -0.2) is 66.8 Å². The minimum atomic E-state index is -0.124. The Hall–Kier alpha value is -0.810. The number of alkyl halides is 1. The molecule has 0 radical (unpaired) electrons. The van der Waals surface area contributed by atoms with E-state index in [1.54, 1.807) is 0 Å². The van der Waals surface area contributed by atoms with Gasteiger partial charge in [0.05, 0.1) is 6.54 Å². The van der Waals surface area contributed by atoms with Gasteiger partial charge in [0.2, 0.25) is 11.8 Å². The summed E-state index contributed by atoms with van der Waals surface area (Å²) in [5.74, 6) is 0.397. The normalized spacial score (nSPS) is 18.5. The molecule has 1 rings (SSSR count). The summed E-state index contributed by atoms with van der Waals surface area (Å²) in [5, 5.41) is 2.78. The molecule has 1 heterocycles. The van der Waals surface area contributed by atoms with Gasteiger partial charge in [-0.3, -0.25) is 14.5 Å². The minimum Gasteiger partial charge on any atom is -0.355 e. The molecule has 1 N–H and O–H groups in total. The van der Waals surface area contributed by atoms with E-state index in [0.29, 0.717) is 32.1 Å². The van der Waals surface area contributed by atoms with Crippen molar-refractivity contribution in [2.24, 2.45) is 5.92 Å². The molecule has 1 aliphatic heterocycles. The van der Waals surface area contributed by atoms with Crippen molar-refractivity contribution in [3.63, 3.8) is 0 Å². The molecule has 0 spiro atoms. The average Bonchev–Trinajstić information content (AvgIpc) is 2.38. The van der Waals surface area contributed by atoms with Crippen LogP contribution >= 0.6 is 11.6 Å². The van der Waals surface area contributed by atoms with Crippen molar-refractivity contribution in [2.45, 2.75) is 13.8 Å². The lowest BCUT2D eigenvalue weighted by Crippen LogP contribution is -2.52. The minimum absolute atomic E-state index is 0.0476. The quantitative estimate of drug-likeness (QED) is 0.727.